The van der Waals surface area contributed by atoms with E-state index in [-0.39, 0.29) is 11.9 Å². The zero-order valence-corrected chi connectivity index (χ0v) is 17.6. The van der Waals surface area contributed by atoms with Gasteiger partial charge < -0.3 is 19.1 Å². The largest absolute Gasteiger partial charge is 0.497 e. The summed E-state index contributed by atoms with van der Waals surface area (Å²) in [6.07, 6.45) is 0. The molecule has 0 spiro atoms. The number of amides is 1. The summed E-state index contributed by atoms with van der Waals surface area (Å²) in [6, 6.07) is 20.3. The van der Waals surface area contributed by atoms with Crippen molar-refractivity contribution in [2.24, 2.45) is 0 Å². The fourth-order valence-electron chi connectivity index (χ4n) is 3.59. The summed E-state index contributed by atoms with van der Waals surface area (Å²) in [5.41, 5.74) is 2.58. The lowest BCUT2D eigenvalue weighted by Gasteiger charge is -2.28. The smallest absolute Gasteiger partial charge is 0.255 e. The minimum atomic E-state index is -0.267. The number of carbonyl (C=O) groups excluding carboxylic acids is 1. The number of carbonyl (C=O) groups is 1. The summed E-state index contributed by atoms with van der Waals surface area (Å²) in [7, 11) is 3.25. The Kier molecular flexibility index (Phi) is 5.81. The van der Waals surface area contributed by atoms with Crippen molar-refractivity contribution in [3.8, 4) is 17.2 Å². The topological polar surface area (TPSA) is 48.0 Å². The Labute approximate surface area is 180 Å². The van der Waals surface area contributed by atoms with Gasteiger partial charge in [0.1, 0.15) is 23.9 Å². The molecule has 0 saturated heterocycles. The van der Waals surface area contributed by atoms with E-state index in [9.17, 15) is 4.79 Å². The number of rotatable bonds is 7. The van der Waals surface area contributed by atoms with Gasteiger partial charge in [0.2, 0.25) is 0 Å². The zero-order valence-electron chi connectivity index (χ0n) is 16.8. The standard InChI is InChI=1S/C24H22ClNO4/c1-28-19-7-4-16(5-8-19)23(15-30-21-11-9-20(29-2)10-12-21)26-14-17-3-6-18(25)13-22(17)24(26)27/h3-13,23H,14-15H2,1-2H3/t23-/m1/s1. The first-order chi connectivity index (χ1) is 14.6. The summed E-state index contributed by atoms with van der Waals surface area (Å²) >= 11 is 6.11. The molecule has 6 heteroatoms. The fourth-order valence-corrected chi connectivity index (χ4v) is 3.76. The van der Waals surface area contributed by atoms with Gasteiger partial charge in [-0.2, -0.15) is 0 Å². The van der Waals surface area contributed by atoms with E-state index in [1.54, 1.807) is 20.3 Å². The number of hydrogen-bond acceptors (Lipinski definition) is 4. The van der Waals surface area contributed by atoms with Crippen LogP contribution in [0.4, 0.5) is 0 Å². The maximum Gasteiger partial charge on any atom is 0.255 e. The molecular formula is C24H22ClNO4. The van der Waals surface area contributed by atoms with Crippen molar-refractivity contribution >= 4 is 17.5 Å². The van der Waals surface area contributed by atoms with Gasteiger partial charge in [0.05, 0.1) is 20.3 Å². The first kappa shape index (κ1) is 20.1. The third-order valence-corrected chi connectivity index (χ3v) is 5.48. The van der Waals surface area contributed by atoms with Crippen LogP contribution in [0.25, 0.3) is 0 Å². The SMILES string of the molecule is COc1ccc(OC[C@H](c2ccc(OC)cc2)N2Cc3ccc(Cl)cc3C2=O)cc1. The average molecular weight is 424 g/mol. The highest BCUT2D eigenvalue weighted by Gasteiger charge is 2.34. The number of nitrogens with zero attached hydrogens (tertiary/aromatic N) is 1. The van der Waals surface area contributed by atoms with Crippen molar-refractivity contribution in [2.75, 3.05) is 20.8 Å². The Balaban J connectivity index is 1.60. The molecule has 0 N–H and O–H groups in total. The number of halogens is 1. The Morgan fingerprint density at radius 3 is 2.13 bits per heavy atom. The summed E-state index contributed by atoms with van der Waals surface area (Å²) in [4.78, 5) is 15.0. The quantitative estimate of drug-likeness (QED) is 0.528. The van der Waals surface area contributed by atoms with Crippen molar-refractivity contribution in [3.05, 3.63) is 88.4 Å². The molecule has 1 heterocycles. The average Bonchev–Trinajstić information content (AvgIpc) is 3.10. The molecule has 1 aliphatic heterocycles. The molecule has 3 aromatic carbocycles. The van der Waals surface area contributed by atoms with Crippen LogP contribution in [0.15, 0.2) is 66.7 Å². The predicted octanol–water partition coefficient (Wildman–Crippen LogP) is 5.13. The molecule has 0 bridgehead atoms. The van der Waals surface area contributed by atoms with Gasteiger partial charge in [-0.05, 0) is 59.7 Å². The first-order valence-electron chi connectivity index (χ1n) is 9.59. The maximum atomic E-state index is 13.2. The van der Waals surface area contributed by atoms with Crippen molar-refractivity contribution in [3.63, 3.8) is 0 Å². The molecule has 1 atom stereocenters. The Morgan fingerprint density at radius 1 is 0.900 bits per heavy atom. The van der Waals surface area contributed by atoms with Gasteiger partial charge in [0.25, 0.3) is 5.91 Å². The normalized spacial score (nSPS) is 13.7. The fraction of sp³-hybridized carbons (Fsp3) is 0.208. The van der Waals surface area contributed by atoms with Gasteiger partial charge in [-0.3, -0.25) is 4.79 Å². The molecule has 4 rings (SSSR count). The second-order valence-electron chi connectivity index (χ2n) is 7.01. The first-order valence-corrected chi connectivity index (χ1v) is 9.97. The van der Waals surface area contributed by atoms with Crippen molar-refractivity contribution in [2.45, 2.75) is 12.6 Å². The third-order valence-electron chi connectivity index (χ3n) is 5.25. The number of hydrogen-bond donors (Lipinski definition) is 0. The summed E-state index contributed by atoms with van der Waals surface area (Å²) in [5.74, 6) is 2.18. The van der Waals surface area contributed by atoms with E-state index in [0.717, 1.165) is 22.6 Å². The van der Waals surface area contributed by atoms with E-state index in [1.165, 1.54) is 0 Å². The van der Waals surface area contributed by atoms with Crippen LogP contribution in [-0.2, 0) is 6.54 Å². The van der Waals surface area contributed by atoms with Gasteiger partial charge >= 0.3 is 0 Å². The van der Waals surface area contributed by atoms with Gasteiger partial charge in [0.15, 0.2) is 0 Å². The van der Waals surface area contributed by atoms with Crippen LogP contribution in [0.5, 0.6) is 17.2 Å². The predicted molar refractivity (Wildman–Crippen MR) is 116 cm³/mol. The number of benzene rings is 3. The highest BCUT2D eigenvalue weighted by Crippen LogP contribution is 2.34. The molecule has 1 aliphatic rings. The highest BCUT2D eigenvalue weighted by molar-refractivity contribution is 6.31. The zero-order chi connectivity index (χ0) is 21.1. The minimum Gasteiger partial charge on any atom is -0.497 e. The van der Waals surface area contributed by atoms with E-state index in [0.29, 0.717) is 29.5 Å². The van der Waals surface area contributed by atoms with Crippen LogP contribution in [0, 0.1) is 0 Å². The molecular weight excluding hydrogens is 402 g/mol. The molecule has 1 amide bonds. The van der Waals surface area contributed by atoms with Crippen molar-refractivity contribution in [1.29, 1.82) is 0 Å². The Bertz CT molecular complexity index is 1030. The van der Waals surface area contributed by atoms with Gasteiger partial charge in [-0.25, -0.2) is 0 Å². The summed E-state index contributed by atoms with van der Waals surface area (Å²) < 4.78 is 16.5. The lowest BCUT2D eigenvalue weighted by Crippen LogP contribution is -2.33. The van der Waals surface area contributed by atoms with Crippen LogP contribution >= 0.6 is 11.6 Å². The van der Waals surface area contributed by atoms with E-state index in [2.05, 4.69) is 0 Å². The van der Waals surface area contributed by atoms with Crippen LogP contribution in [0.3, 0.4) is 0 Å². The minimum absolute atomic E-state index is 0.0494. The van der Waals surface area contributed by atoms with Gasteiger partial charge in [-0.1, -0.05) is 29.8 Å². The summed E-state index contributed by atoms with van der Waals surface area (Å²) in [6.45, 7) is 0.820. The lowest BCUT2D eigenvalue weighted by atomic mass is 10.1. The van der Waals surface area contributed by atoms with Crippen LogP contribution in [0.2, 0.25) is 5.02 Å². The van der Waals surface area contributed by atoms with Gasteiger partial charge in [-0.15, -0.1) is 0 Å². The third kappa shape index (κ3) is 4.07. The molecule has 0 radical (unpaired) electrons. The molecule has 0 saturated carbocycles. The highest BCUT2D eigenvalue weighted by atomic mass is 35.5. The number of ether oxygens (including phenoxy) is 3. The number of methoxy groups -OCH3 is 2. The van der Waals surface area contributed by atoms with E-state index in [4.69, 9.17) is 25.8 Å². The molecule has 0 fully saturated rings. The van der Waals surface area contributed by atoms with Crippen LogP contribution in [-0.4, -0.2) is 31.6 Å². The van der Waals surface area contributed by atoms with E-state index < -0.39 is 0 Å². The molecule has 5 nitrogen and oxygen atoms in total. The van der Waals surface area contributed by atoms with Crippen LogP contribution in [0.1, 0.15) is 27.5 Å². The van der Waals surface area contributed by atoms with Crippen molar-refractivity contribution < 1.29 is 19.0 Å². The second-order valence-corrected chi connectivity index (χ2v) is 7.45. The lowest BCUT2D eigenvalue weighted by molar-refractivity contribution is 0.0635. The molecule has 0 aromatic heterocycles. The van der Waals surface area contributed by atoms with Crippen molar-refractivity contribution in [1.82, 2.24) is 4.90 Å². The van der Waals surface area contributed by atoms with Crippen LogP contribution < -0.4 is 14.2 Å². The van der Waals surface area contributed by atoms with E-state index in [1.807, 2.05) is 65.6 Å². The number of fused-ring (bicyclic) bond motifs is 1. The Hall–Kier alpha value is -3.18. The molecule has 30 heavy (non-hydrogen) atoms. The Morgan fingerprint density at radius 2 is 1.50 bits per heavy atom. The molecule has 154 valence electrons. The molecule has 3 aromatic rings. The van der Waals surface area contributed by atoms with Gasteiger partial charge in [0, 0.05) is 17.1 Å². The second kappa shape index (κ2) is 8.67. The van der Waals surface area contributed by atoms with E-state index >= 15 is 0 Å². The maximum absolute atomic E-state index is 13.2. The summed E-state index contributed by atoms with van der Waals surface area (Å²) in [5, 5.41) is 0.555. The monoisotopic (exact) mass is 423 g/mol. The molecule has 0 aliphatic carbocycles. The molecule has 0 unspecified atom stereocenters.